The predicted molar refractivity (Wildman–Crippen MR) is 79.3 cm³/mol. The molecular weight excluding hydrogens is 494 g/mol. The van der Waals surface area contributed by atoms with Crippen molar-refractivity contribution in [2.24, 2.45) is 10.8 Å². The van der Waals surface area contributed by atoms with E-state index >= 15 is 8.78 Å². The van der Waals surface area contributed by atoms with Gasteiger partial charge in [-0.3, -0.25) is 0 Å². The Hall–Kier alpha value is -0.690. The third-order valence-corrected chi connectivity index (χ3v) is 6.56. The molecule has 2 unspecified atom stereocenters. The van der Waals surface area contributed by atoms with Crippen LogP contribution in [-0.4, -0.2) is 47.9 Å². The first-order chi connectivity index (χ1) is 13.1. The van der Waals surface area contributed by atoms with Crippen molar-refractivity contribution in [2.45, 2.75) is 86.4 Å². The zero-order valence-electron chi connectivity index (χ0n) is 15.1. The number of hydrogen-bond donors (Lipinski definition) is 0. The lowest BCUT2D eigenvalue weighted by atomic mass is 9.39. The van der Waals surface area contributed by atoms with Gasteiger partial charge in [-0.1, -0.05) is 0 Å². The van der Waals surface area contributed by atoms with Gasteiger partial charge in [-0.15, -0.1) is 12.4 Å². The number of halogens is 15. The van der Waals surface area contributed by atoms with Crippen molar-refractivity contribution < 1.29 is 61.5 Å². The van der Waals surface area contributed by atoms with Crippen molar-refractivity contribution in [1.29, 1.82) is 0 Å². The van der Waals surface area contributed by atoms with Gasteiger partial charge < -0.3 is 0 Å². The summed E-state index contributed by atoms with van der Waals surface area (Å²) in [6.45, 7) is 0. The second-order valence-electron chi connectivity index (χ2n) is 8.98. The van der Waals surface area contributed by atoms with Gasteiger partial charge in [0.2, 0.25) is 0 Å². The molecule has 4 saturated carbocycles. The molecule has 31 heavy (non-hydrogen) atoms. The van der Waals surface area contributed by atoms with Gasteiger partial charge in [0.15, 0.2) is 0 Å². The fraction of sp³-hybridized carbons (Fsp3) is 1.00. The largest absolute Gasteiger partial charge is 0.425 e. The molecule has 4 bridgehead atoms. The van der Waals surface area contributed by atoms with Gasteiger partial charge in [0.05, 0.1) is 0 Å². The van der Waals surface area contributed by atoms with Crippen LogP contribution in [0.25, 0.3) is 0 Å². The molecule has 184 valence electrons. The van der Waals surface area contributed by atoms with Crippen LogP contribution in [-0.2, 0) is 0 Å². The molecule has 0 amide bonds. The predicted octanol–water partition coefficient (Wildman–Crippen LogP) is 7.25. The maximum Gasteiger partial charge on any atom is 0.425 e. The van der Waals surface area contributed by atoms with Crippen molar-refractivity contribution in [3.05, 3.63) is 0 Å². The van der Waals surface area contributed by atoms with Gasteiger partial charge in [0.25, 0.3) is 24.2 Å². The third-order valence-electron chi connectivity index (χ3n) is 6.56. The zero-order valence-corrected chi connectivity index (χ0v) is 15.9. The van der Waals surface area contributed by atoms with Crippen LogP contribution in [0.3, 0.4) is 0 Å². The lowest BCUT2D eigenvalue weighted by Gasteiger charge is -2.68. The van der Waals surface area contributed by atoms with Crippen molar-refractivity contribution in [3.63, 3.8) is 0 Å². The highest BCUT2D eigenvalue weighted by Gasteiger charge is 2.83. The second-order valence-corrected chi connectivity index (χ2v) is 8.98. The fourth-order valence-electron chi connectivity index (χ4n) is 6.05. The van der Waals surface area contributed by atoms with Crippen LogP contribution < -0.4 is 0 Å². The van der Waals surface area contributed by atoms with E-state index in [1.807, 2.05) is 0 Å². The minimum Gasteiger partial charge on any atom is -0.244 e. The van der Waals surface area contributed by atoms with Gasteiger partial charge in [-0.25, -0.2) is 35.1 Å². The molecule has 0 saturated heterocycles. The zero-order chi connectivity index (χ0) is 23.4. The summed E-state index contributed by atoms with van der Waals surface area (Å²) >= 11 is 0. The maximum absolute atomic E-state index is 15.1. The molecule has 0 N–H and O–H groups in total. The van der Waals surface area contributed by atoms with Crippen LogP contribution >= 0.6 is 12.4 Å². The summed E-state index contributed by atoms with van der Waals surface area (Å²) in [5, 5.41) is 0. The molecule has 2 atom stereocenters. The lowest BCUT2D eigenvalue weighted by molar-refractivity contribution is -0.366. The number of rotatable bonds is 4. The normalized spacial score (nSPS) is 40.5. The molecule has 0 aromatic carbocycles. The maximum atomic E-state index is 15.1. The van der Waals surface area contributed by atoms with E-state index in [2.05, 4.69) is 0 Å². The summed E-state index contributed by atoms with van der Waals surface area (Å²) in [5.41, 5.74) is -14.2. The lowest BCUT2D eigenvalue weighted by Crippen LogP contribution is -2.74. The molecule has 15 heteroatoms. The van der Waals surface area contributed by atoms with Gasteiger partial charge >= 0.3 is 12.4 Å². The highest BCUT2D eigenvalue weighted by Crippen LogP contribution is 2.77. The second kappa shape index (κ2) is 6.68. The molecule has 0 nitrogen and oxygen atoms in total. The first-order valence-electron chi connectivity index (χ1n) is 8.60. The standard InChI is InChI=1S/C16H14F14.ClH/c17-7(15(25,26)27)13(21,22)9-1-10(14(23,24)8(18)16(28,29)30)4-11(19,2-9)6-12(20,3-9)5-10;/h7-8H,1-6H2;1H. The van der Waals surface area contributed by atoms with Gasteiger partial charge in [-0.05, 0) is 32.1 Å². The average Bonchev–Trinajstić information content (AvgIpc) is 2.47. The average molecular weight is 509 g/mol. The van der Waals surface area contributed by atoms with E-state index in [4.69, 9.17) is 0 Å². The van der Waals surface area contributed by atoms with E-state index in [-0.39, 0.29) is 12.4 Å². The van der Waals surface area contributed by atoms with E-state index in [0.717, 1.165) is 0 Å². The van der Waals surface area contributed by atoms with Crippen molar-refractivity contribution in [2.75, 3.05) is 0 Å². The van der Waals surface area contributed by atoms with Crippen molar-refractivity contribution in [3.8, 4) is 0 Å². The monoisotopic (exact) mass is 508 g/mol. The summed E-state index contributed by atoms with van der Waals surface area (Å²) in [4.78, 5) is 0. The van der Waals surface area contributed by atoms with Gasteiger partial charge in [0.1, 0.15) is 11.3 Å². The van der Waals surface area contributed by atoms with Crippen LogP contribution in [0, 0.1) is 10.8 Å². The van der Waals surface area contributed by atoms with E-state index in [1.54, 1.807) is 0 Å². The summed E-state index contributed by atoms with van der Waals surface area (Å²) in [7, 11) is 0. The summed E-state index contributed by atoms with van der Waals surface area (Å²) in [5.74, 6) is -11.3. The van der Waals surface area contributed by atoms with E-state index in [0.29, 0.717) is 0 Å². The van der Waals surface area contributed by atoms with Crippen LogP contribution in [0.4, 0.5) is 61.5 Å². The fourth-order valence-corrected chi connectivity index (χ4v) is 6.05. The van der Waals surface area contributed by atoms with Gasteiger partial charge in [0, 0.05) is 17.3 Å². The first-order valence-corrected chi connectivity index (χ1v) is 8.60. The molecule has 0 radical (unpaired) electrons. The SMILES string of the molecule is Cl.FC(C(F)(F)F)C(F)(F)C12CC3(F)CC(F)(C1)CC(C(F)(F)C(F)C(F)(F)F)(C3)C2. The molecule has 4 aliphatic carbocycles. The van der Waals surface area contributed by atoms with Crippen LogP contribution in [0.2, 0.25) is 0 Å². The Labute approximate surface area is 172 Å². The molecule has 4 rings (SSSR count). The Bertz CT molecular complexity index is 640. The molecule has 0 aromatic heterocycles. The summed E-state index contributed by atoms with van der Waals surface area (Å²) in [6, 6.07) is 0. The van der Waals surface area contributed by atoms with E-state index in [9.17, 15) is 52.7 Å². The Kier molecular flexibility index (Phi) is 5.72. The molecule has 0 heterocycles. The third kappa shape index (κ3) is 3.66. The molecule has 0 spiro atoms. The number of hydrogen-bond acceptors (Lipinski definition) is 0. The molecule has 0 aliphatic heterocycles. The number of alkyl halides is 14. The summed E-state index contributed by atoms with van der Waals surface area (Å²) < 4.78 is 192. The Morgan fingerprint density at radius 3 is 0.968 bits per heavy atom. The first kappa shape index (κ1) is 26.6. The van der Waals surface area contributed by atoms with Gasteiger partial charge in [-0.2, -0.15) is 26.3 Å². The van der Waals surface area contributed by atoms with Crippen LogP contribution in [0.1, 0.15) is 38.5 Å². The Balaban J connectivity index is 0.00000341. The highest BCUT2D eigenvalue weighted by atomic mass is 35.5. The van der Waals surface area contributed by atoms with E-state index < -0.39 is 97.2 Å². The van der Waals surface area contributed by atoms with Crippen LogP contribution in [0.5, 0.6) is 0 Å². The van der Waals surface area contributed by atoms with Crippen molar-refractivity contribution >= 4 is 12.4 Å². The van der Waals surface area contributed by atoms with E-state index in [1.165, 1.54) is 0 Å². The quantitative estimate of drug-likeness (QED) is 0.351. The smallest absolute Gasteiger partial charge is 0.244 e. The summed E-state index contributed by atoms with van der Waals surface area (Å²) in [6.07, 6.45) is -32.5. The Morgan fingerprint density at radius 1 is 0.484 bits per heavy atom. The van der Waals surface area contributed by atoms with Crippen molar-refractivity contribution in [1.82, 2.24) is 0 Å². The minimum atomic E-state index is -6.25. The minimum absolute atomic E-state index is 0. The molecule has 0 aromatic rings. The topological polar surface area (TPSA) is 0 Å². The molecule has 4 aliphatic rings. The molecular formula is C16H15ClF14. The van der Waals surface area contributed by atoms with Crippen LogP contribution in [0.15, 0.2) is 0 Å². The molecule has 4 fully saturated rings. The highest BCUT2D eigenvalue weighted by molar-refractivity contribution is 5.85. The Morgan fingerprint density at radius 2 is 0.742 bits per heavy atom.